The van der Waals surface area contributed by atoms with E-state index < -0.39 is 0 Å². The molecule has 25 heavy (non-hydrogen) atoms. The summed E-state index contributed by atoms with van der Waals surface area (Å²) in [7, 11) is 0. The van der Waals surface area contributed by atoms with Crippen molar-refractivity contribution in [2.75, 3.05) is 0 Å². The number of nitrogens with one attached hydrogen (secondary N) is 1. The van der Waals surface area contributed by atoms with Crippen molar-refractivity contribution in [3.8, 4) is 0 Å². The van der Waals surface area contributed by atoms with Gasteiger partial charge in [0.2, 0.25) is 0 Å². The van der Waals surface area contributed by atoms with E-state index in [2.05, 4.69) is 46.6 Å². The number of tetrazole rings is 1. The predicted molar refractivity (Wildman–Crippen MR) is 96.3 cm³/mol. The van der Waals surface area contributed by atoms with Gasteiger partial charge < -0.3 is 0 Å². The van der Waals surface area contributed by atoms with Gasteiger partial charge in [-0.15, -0.1) is 10.2 Å². The topological polar surface area (TPSA) is 71.5 Å². The number of nitrogens with zero attached hydrogens (tertiary/aromatic N) is 3. The molecule has 1 unspecified atom stereocenters. The van der Waals surface area contributed by atoms with Crippen LogP contribution < -0.4 is 0 Å². The molecule has 0 radical (unpaired) electrons. The summed E-state index contributed by atoms with van der Waals surface area (Å²) in [5, 5.41) is 14.3. The van der Waals surface area contributed by atoms with E-state index >= 15 is 0 Å². The molecule has 3 rings (SSSR count). The van der Waals surface area contributed by atoms with Gasteiger partial charge in [-0.3, -0.25) is 4.79 Å². The number of carbonyl (C=O) groups excluding carboxylic acids is 1. The highest BCUT2D eigenvalue weighted by molar-refractivity contribution is 5.82. The molecular formula is C20H22N4O. The fourth-order valence-corrected chi connectivity index (χ4v) is 2.91. The van der Waals surface area contributed by atoms with Crippen LogP contribution in [-0.2, 0) is 11.2 Å². The van der Waals surface area contributed by atoms with Crippen LogP contribution in [0, 0.1) is 0 Å². The number of benzene rings is 2. The molecule has 1 N–H and O–H groups in total. The number of hydrogen-bond donors (Lipinski definition) is 1. The third-order valence-electron chi connectivity index (χ3n) is 4.35. The van der Waals surface area contributed by atoms with Crippen LogP contribution in [-0.4, -0.2) is 26.4 Å². The normalized spacial score (nSPS) is 12.3. The van der Waals surface area contributed by atoms with Gasteiger partial charge in [-0.2, -0.15) is 5.21 Å². The largest absolute Gasteiger partial charge is 0.299 e. The third-order valence-corrected chi connectivity index (χ3v) is 4.35. The fraction of sp³-hybridized carbons (Fsp3) is 0.300. The summed E-state index contributed by atoms with van der Waals surface area (Å²) in [6.45, 7) is 4.32. The summed E-state index contributed by atoms with van der Waals surface area (Å²) in [4.78, 5) is 12.6. The molecule has 3 aromatic rings. The average Bonchev–Trinajstić information content (AvgIpc) is 3.15. The maximum Gasteiger partial charge on any atom is 0.182 e. The molecule has 0 spiro atoms. The molecule has 0 saturated heterocycles. The predicted octanol–water partition coefficient (Wildman–Crippen LogP) is 3.66. The lowest BCUT2D eigenvalue weighted by Gasteiger charge is -2.13. The molecule has 1 atom stereocenters. The second-order valence-corrected chi connectivity index (χ2v) is 6.55. The molecule has 0 amide bonds. The standard InChI is InChI=1S/C20H22N4O/c1-14(2)16-10-8-15(9-11-16)12-18(25)13-19(20-21-23-24-22-20)17-6-4-3-5-7-17/h3-11,14,19H,12-13H2,1-2H3,(H,21,22,23,24). The Morgan fingerprint density at radius 3 is 2.32 bits per heavy atom. The zero-order valence-electron chi connectivity index (χ0n) is 14.5. The van der Waals surface area contributed by atoms with Crippen LogP contribution in [0.2, 0.25) is 0 Å². The molecule has 0 aliphatic rings. The van der Waals surface area contributed by atoms with Gasteiger partial charge in [0, 0.05) is 12.8 Å². The molecule has 1 aromatic heterocycles. The Kier molecular flexibility index (Phi) is 5.33. The van der Waals surface area contributed by atoms with Crippen molar-refractivity contribution in [2.45, 2.75) is 38.5 Å². The van der Waals surface area contributed by atoms with Crippen LogP contribution in [0.15, 0.2) is 54.6 Å². The van der Waals surface area contributed by atoms with Gasteiger partial charge in [-0.25, -0.2) is 0 Å². The summed E-state index contributed by atoms with van der Waals surface area (Å²) >= 11 is 0. The monoisotopic (exact) mass is 334 g/mol. The van der Waals surface area contributed by atoms with E-state index in [1.807, 2.05) is 42.5 Å². The highest BCUT2D eigenvalue weighted by Crippen LogP contribution is 2.25. The van der Waals surface area contributed by atoms with E-state index in [9.17, 15) is 4.79 Å². The Morgan fingerprint density at radius 2 is 1.72 bits per heavy atom. The molecule has 0 saturated carbocycles. The van der Waals surface area contributed by atoms with E-state index in [1.54, 1.807) is 0 Å². The van der Waals surface area contributed by atoms with Gasteiger partial charge in [-0.1, -0.05) is 73.7 Å². The fourth-order valence-electron chi connectivity index (χ4n) is 2.91. The summed E-state index contributed by atoms with van der Waals surface area (Å²) in [5.74, 6) is 1.03. The van der Waals surface area contributed by atoms with E-state index in [-0.39, 0.29) is 11.7 Å². The summed E-state index contributed by atoms with van der Waals surface area (Å²) < 4.78 is 0. The van der Waals surface area contributed by atoms with E-state index in [1.165, 1.54) is 5.56 Å². The Labute approximate surface area is 147 Å². The zero-order chi connectivity index (χ0) is 17.6. The van der Waals surface area contributed by atoms with Crippen molar-refractivity contribution in [1.82, 2.24) is 20.6 Å². The molecular weight excluding hydrogens is 312 g/mol. The lowest BCUT2D eigenvalue weighted by atomic mass is 9.91. The van der Waals surface area contributed by atoms with Crippen LogP contribution in [0.3, 0.4) is 0 Å². The van der Waals surface area contributed by atoms with Crippen molar-refractivity contribution < 1.29 is 4.79 Å². The quantitative estimate of drug-likeness (QED) is 0.716. The lowest BCUT2D eigenvalue weighted by Crippen LogP contribution is -2.12. The summed E-state index contributed by atoms with van der Waals surface area (Å²) in [5.41, 5.74) is 3.34. The van der Waals surface area contributed by atoms with E-state index in [0.29, 0.717) is 24.6 Å². The van der Waals surface area contributed by atoms with Crippen molar-refractivity contribution >= 4 is 5.78 Å². The van der Waals surface area contributed by atoms with Gasteiger partial charge in [-0.05, 0) is 22.6 Å². The van der Waals surface area contributed by atoms with Gasteiger partial charge in [0.05, 0.1) is 5.92 Å². The number of Topliss-reactive ketones (excluding diaryl/α,β-unsaturated/α-hetero) is 1. The van der Waals surface area contributed by atoms with Crippen molar-refractivity contribution in [3.63, 3.8) is 0 Å². The maximum atomic E-state index is 12.6. The van der Waals surface area contributed by atoms with Gasteiger partial charge in [0.1, 0.15) is 5.78 Å². The minimum Gasteiger partial charge on any atom is -0.299 e. The van der Waals surface area contributed by atoms with Crippen LogP contribution in [0.1, 0.15) is 54.6 Å². The number of ketones is 1. The molecule has 5 heteroatoms. The van der Waals surface area contributed by atoms with Crippen molar-refractivity contribution in [3.05, 3.63) is 77.1 Å². The zero-order valence-corrected chi connectivity index (χ0v) is 14.5. The molecule has 128 valence electrons. The first-order chi connectivity index (χ1) is 12.1. The summed E-state index contributed by atoms with van der Waals surface area (Å²) in [6, 6.07) is 18.1. The second kappa shape index (κ2) is 7.83. The van der Waals surface area contributed by atoms with Crippen LogP contribution in [0.4, 0.5) is 0 Å². The van der Waals surface area contributed by atoms with Crippen molar-refractivity contribution in [2.24, 2.45) is 0 Å². The highest BCUT2D eigenvalue weighted by Gasteiger charge is 2.22. The first-order valence-electron chi connectivity index (χ1n) is 8.52. The second-order valence-electron chi connectivity index (χ2n) is 6.55. The molecule has 0 aliphatic carbocycles. The minimum atomic E-state index is -0.178. The Morgan fingerprint density at radius 1 is 1.00 bits per heavy atom. The van der Waals surface area contributed by atoms with Crippen LogP contribution in [0.5, 0.6) is 0 Å². The SMILES string of the molecule is CC(C)c1ccc(CC(=O)CC(c2ccccc2)c2nn[nH]n2)cc1. The average molecular weight is 334 g/mol. The number of H-pyrrole nitrogens is 1. The number of carbonyl (C=O) groups is 1. The Bertz CT molecular complexity index is 795. The highest BCUT2D eigenvalue weighted by atomic mass is 16.1. The Hall–Kier alpha value is -2.82. The number of hydrogen-bond acceptors (Lipinski definition) is 4. The molecule has 0 bridgehead atoms. The molecule has 0 fully saturated rings. The van der Waals surface area contributed by atoms with Crippen molar-refractivity contribution in [1.29, 1.82) is 0 Å². The minimum absolute atomic E-state index is 0.163. The molecule has 2 aromatic carbocycles. The first-order valence-corrected chi connectivity index (χ1v) is 8.52. The molecule has 1 heterocycles. The van der Waals surface area contributed by atoms with Gasteiger partial charge in [0.25, 0.3) is 0 Å². The number of rotatable bonds is 7. The number of aromatic amines is 1. The van der Waals surface area contributed by atoms with E-state index in [0.717, 1.165) is 11.1 Å². The van der Waals surface area contributed by atoms with E-state index in [4.69, 9.17) is 0 Å². The molecule has 0 aliphatic heterocycles. The van der Waals surface area contributed by atoms with Gasteiger partial charge in [0.15, 0.2) is 5.82 Å². The molecule has 5 nitrogen and oxygen atoms in total. The third kappa shape index (κ3) is 4.38. The number of aromatic nitrogens is 4. The van der Waals surface area contributed by atoms with Gasteiger partial charge >= 0.3 is 0 Å². The Balaban J connectivity index is 1.72. The smallest absolute Gasteiger partial charge is 0.182 e. The summed E-state index contributed by atoms with van der Waals surface area (Å²) in [6.07, 6.45) is 0.773. The maximum absolute atomic E-state index is 12.6. The van der Waals surface area contributed by atoms with Crippen LogP contribution in [0.25, 0.3) is 0 Å². The van der Waals surface area contributed by atoms with Crippen LogP contribution >= 0.6 is 0 Å². The first kappa shape index (κ1) is 17.0. The lowest BCUT2D eigenvalue weighted by molar-refractivity contribution is -0.118.